The van der Waals surface area contributed by atoms with E-state index in [1.165, 1.54) is 34.0 Å². The van der Waals surface area contributed by atoms with Crippen LogP contribution in [0.15, 0.2) is 23.3 Å². The zero-order valence-corrected chi connectivity index (χ0v) is 18.0. The number of rotatable bonds is 2. The number of aliphatic hydroxyl groups is 1. The van der Waals surface area contributed by atoms with Crippen LogP contribution in [-0.4, -0.2) is 43.5 Å². The van der Waals surface area contributed by atoms with Gasteiger partial charge in [0.05, 0.1) is 14.1 Å². The molecule has 0 aromatic carbocycles. The van der Waals surface area contributed by atoms with Crippen LogP contribution in [0.3, 0.4) is 0 Å². The van der Waals surface area contributed by atoms with Gasteiger partial charge >= 0.3 is 11.6 Å². The molecule has 13 nitrogen and oxygen atoms in total. The van der Waals surface area contributed by atoms with Gasteiger partial charge in [-0.1, -0.05) is 9.69 Å². The van der Waals surface area contributed by atoms with Crippen molar-refractivity contribution in [2.45, 2.75) is 20.5 Å². The smallest absolute Gasteiger partial charge is 0.320 e. The molecule has 4 rings (SSSR count). The molecular weight excluding hydrogens is 438 g/mol. The van der Waals surface area contributed by atoms with Gasteiger partial charge in [0.25, 0.3) is 5.69 Å². The van der Waals surface area contributed by atoms with Gasteiger partial charge in [-0.05, 0) is 26.0 Å². The van der Waals surface area contributed by atoms with Crippen molar-refractivity contribution < 1.29 is 38.8 Å². The number of nitrogens with zero attached hydrogens (tertiary/aromatic N) is 4. The fourth-order valence-corrected chi connectivity index (χ4v) is 3.71. The first-order valence-corrected chi connectivity index (χ1v) is 9.44. The molecule has 2 aromatic rings. The average Bonchev–Trinajstić information content (AvgIpc) is 3.16. The van der Waals surface area contributed by atoms with Crippen LogP contribution in [0.5, 0.6) is 0 Å². The fraction of sp³-hybridized carbons (Fsp3) is 0.250. The van der Waals surface area contributed by atoms with Crippen LogP contribution in [0.4, 0.5) is 0 Å². The lowest BCUT2D eigenvalue weighted by atomic mass is 9.93. The maximum absolute atomic E-state index is 11.9. The number of primary amides is 1. The van der Waals surface area contributed by atoms with Crippen LogP contribution < -0.4 is 15.4 Å². The Hall–Kier alpha value is -4.39. The maximum atomic E-state index is 11.9. The van der Waals surface area contributed by atoms with Gasteiger partial charge in [-0.15, -0.1) is 9.36 Å². The Morgan fingerprint density at radius 1 is 0.909 bits per heavy atom. The largest absolute Gasteiger partial charge is 0.596 e. The maximum Gasteiger partial charge on any atom is 0.320 e. The van der Waals surface area contributed by atoms with Crippen molar-refractivity contribution in [1.82, 2.24) is 9.36 Å². The first-order valence-electron chi connectivity index (χ1n) is 9.44. The highest BCUT2D eigenvalue weighted by molar-refractivity contribution is 6.26. The first kappa shape index (κ1) is 23.3. The highest BCUT2D eigenvalue weighted by atomic mass is 16.5. The van der Waals surface area contributed by atoms with Crippen LogP contribution in [0.2, 0.25) is 0 Å². The van der Waals surface area contributed by atoms with Gasteiger partial charge in [0.1, 0.15) is 17.7 Å². The summed E-state index contributed by atoms with van der Waals surface area (Å²) >= 11 is 0. The van der Waals surface area contributed by atoms with Gasteiger partial charge in [0.15, 0.2) is 23.0 Å². The number of fused-ring (bicyclic) bond motifs is 2. The lowest BCUT2D eigenvalue weighted by Gasteiger charge is -2.06. The van der Waals surface area contributed by atoms with E-state index in [9.17, 15) is 34.4 Å². The third kappa shape index (κ3) is 3.34. The molecule has 0 radical (unpaired) electrons. The molecule has 0 atom stereocenters. The quantitative estimate of drug-likeness (QED) is 0.404. The molecule has 33 heavy (non-hydrogen) atoms. The van der Waals surface area contributed by atoms with E-state index in [-0.39, 0.29) is 55.8 Å². The molecule has 3 N–H and O–H groups in total. The summed E-state index contributed by atoms with van der Waals surface area (Å²) in [6.07, 6.45) is 2.33. The van der Waals surface area contributed by atoms with Gasteiger partial charge < -0.3 is 21.3 Å². The van der Waals surface area contributed by atoms with Crippen LogP contribution >= 0.6 is 0 Å². The van der Waals surface area contributed by atoms with Gasteiger partial charge in [0.2, 0.25) is 11.6 Å². The van der Waals surface area contributed by atoms with E-state index < -0.39 is 29.8 Å². The number of carbonyl (C=O) groups is 5. The molecule has 2 aliphatic carbocycles. The SMILES string of the molecule is CC1=CC(=O)c2c(c(C(N)=O)[n+]([O-])n2C)C1=O.CC1=CC(=O)c2c(c(CO)[n+]([O-])n2C)C1=O. The molecular formula is C20H19N5O8. The second-order valence-corrected chi connectivity index (χ2v) is 7.40. The minimum absolute atomic E-state index is 0.0185. The number of aliphatic hydroxyl groups excluding tert-OH is 1. The Morgan fingerprint density at radius 2 is 1.33 bits per heavy atom. The van der Waals surface area contributed by atoms with Crippen molar-refractivity contribution in [3.8, 4) is 0 Å². The molecule has 0 bridgehead atoms. The highest BCUT2D eigenvalue weighted by Crippen LogP contribution is 2.24. The van der Waals surface area contributed by atoms with E-state index in [0.717, 1.165) is 15.4 Å². The molecule has 2 aliphatic rings. The van der Waals surface area contributed by atoms with E-state index in [4.69, 9.17) is 10.8 Å². The minimum atomic E-state index is -1.03. The Kier molecular flexibility index (Phi) is 5.60. The summed E-state index contributed by atoms with van der Waals surface area (Å²) in [5.74, 6) is -2.83. The summed E-state index contributed by atoms with van der Waals surface area (Å²) in [7, 11) is 2.67. The molecule has 0 spiro atoms. The number of Topliss-reactive ketones (excluding diaryl/α,β-unsaturated/α-hetero) is 2. The fourth-order valence-electron chi connectivity index (χ4n) is 3.71. The van der Waals surface area contributed by atoms with Crippen molar-refractivity contribution in [2.75, 3.05) is 0 Å². The summed E-state index contributed by atoms with van der Waals surface area (Å²) in [6, 6.07) is 0. The zero-order chi connectivity index (χ0) is 24.9. The summed E-state index contributed by atoms with van der Waals surface area (Å²) in [6.45, 7) is 2.38. The molecule has 0 aliphatic heterocycles. The number of aromatic nitrogens is 4. The predicted molar refractivity (Wildman–Crippen MR) is 108 cm³/mol. The number of amides is 1. The van der Waals surface area contributed by atoms with E-state index in [1.807, 2.05) is 0 Å². The Bertz CT molecular complexity index is 1360. The molecule has 0 unspecified atom stereocenters. The van der Waals surface area contributed by atoms with Gasteiger partial charge in [-0.2, -0.15) is 0 Å². The third-order valence-corrected chi connectivity index (χ3v) is 5.33. The number of ketones is 4. The van der Waals surface area contributed by atoms with Crippen molar-refractivity contribution in [1.29, 1.82) is 0 Å². The monoisotopic (exact) mass is 457 g/mol. The van der Waals surface area contributed by atoms with Gasteiger partial charge in [0, 0.05) is 11.1 Å². The summed E-state index contributed by atoms with van der Waals surface area (Å²) in [5, 5.41) is 32.3. The molecule has 1 amide bonds. The number of nitrogens with two attached hydrogens (primary N) is 1. The Labute approximate surface area is 185 Å². The van der Waals surface area contributed by atoms with Crippen molar-refractivity contribution in [3.05, 3.63) is 67.6 Å². The minimum Gasteiger partial charge on any atom is -0.596 e. The molecule has 172 valence electrons. The molecule has 0 saturated carbocycles. The molecule has 0 saturated heterocycles. The van der Waals surface area contributed by atoms with E-state index in [1.54, 1.807) is 0 Å². The highest BCUT2D eigenvalue weighted by Gasteiger charge is 2.40. The lowest BCUT2D eigenvalue weighted by Crippen LogP contribution is -2.43. The number of hydrogen-bond acceptors (Lipinski definition) is 8. The summed E-state index contributed by atoms with van der Waals surface area (Å²) < 4.78 is 1.93. The van der Waals surface area contributed by atoms with Crippen LogP contribution in [-0.2, 0) is 20.7 Å². The van der Waals surface area contributed by atoms with E-state index >= 15 is 0 Å². The number of carbonyl (C=O) groups excluding carboxylic acids is 5. The Balaban J connectivity index is 0.000000186. The van der Waals surface area contributed by atoms with Gasteiger partial charge in [-0.3, -0.25) is 24.0 Å². The standard InChI is InChI=1S/C10H9N3O4.C10H10N2O4/c1-4-3-5(14)7-6(9(4)15)8(10(11)16)13(17)12(7)2;1-5-3-7(14)9-8(10(5)15)6(4-13)12(16)11(9)2/h3H,1-2H3,(H2,11,16);3,13H,4H2,1-2H3. The van der Waals surface area contributed by atoms with Crippen LogP contribution in [0.1, 0.15) is 71.7 Å². The van der Waals surface area contributed by atoms with E-state index in [2.05, 4.69) is 0 Å². The first-order chi connectivity index (χ1) is 15.3. The average molecular weight is 457 g/mol. The van der Waals surface area contributed by atoms with Crippen molar-refractivity contribution in [2.24, 2.45) is 19.8 Å². The van der Waals surface area contributed by atoms with E-state index in [0.29, 0.717) is 4.85 Å². The third-order valence-electron chi connectivity index (χ3n) is 5.33. The second kappa shape index (κ2) is 7.94. The Morgan fingerprint density at radius 3 is 1.79 bits per heavy atom. The molecule has 0 fully saturated rings. The van der Waals surface area contributed by atoms with Crippen LogP contribution in [0.25, 0.3) is 0 Å². The number of allylic oxidation sites excluding steroid dienone is 4. The normalized spacial score (nSPS) is 14.8. The lowest BCUT2D eigenvalue weighted by molar-refractivity contribution is -0.700. The molecule has 13 heteroatoms. The molecule has 2 aromatic heterocycles. The number of hydrogen-bond donors (Lipinski definition) is 2. The predicted octanol–water partition coefficient (Wildman–Crippen LogP) is -1.44. The van der Waals surface area contributed by atoms with Crippen molar-refractivity contribution in [3.63, 3.8) is 0 Å². The van der Waals surface area contributed by atoms with Crippen LogP contribution in [0, 0.1) is 10.4 Å². The van der Waals surface area contributed by atoms with Gasteiger partial charge in [-0.25, -0.2) is 0 Å². The molecule has 2 heterocycles. The van der Waals surface area contributed by atoms with Crippen molar-refractivity contribution >= 4 is 29.0 Å². The summed E-state index contributed by atoms with van der Waals surface area (Å²) in [5.41, 5.74) is 4.67. The summed E-state index contributed by atoms with van der Waals surface area (Å²) in [4.78, 5) is 58.7. The topological polar surface area (TPSA) is 195 Å². The zero-order valence-electron chi connectivity index (χ0n) is 18.0. The second-order valence-electron chi connectivity index (χ2n) is 7.40.